The standard InChI is InChI=1S/C10H8O4.H2O/c1-14-10(13)8-4-2-7(3-5-8)9(12)6-11;/h2-6H,1H3;1H2. The van der Waals surface area contributed by atoms with Crippen LogP contribution in [0.15, 0.2) is 24.3 Å². The Kier molecular flexibility index (Phi) is 4.90. The summed E-state index contributed by atoms with van der Waals surface area (Å²) in [6, 6.07) is 5.68. The molecule has 1 aromatic rings. The predicted octanol–water partition coefficient (Wildman–Crippen LogP) is 0.0301. The molecule has 5 nitrogen and oxygen atoms in total. The first-order chi connectivity index (χ1) is 6.69. The minimum absolute atomic E-state index is 0. The molecule has 1 aromatic carbocycles. The molecule has 80 valence electrons. The Morgan fingerprint density at radius 3 is 2.00 bits per heavy atom. The van der Waals surface area contributed by atoms with Gasteiger partial charge in [-0.2, -0.15) is 0 Å². The van der Waals surface area contributed by atoms with Crippen LogP contribution in [-0.2, 0) is 9.53 Å². The molecule has 0 aliphatic carbocycles. The first-order valence-corrected chi connectivity index (χ1v) is 3.87. The number of aldehydes is 1. The van der Waals surface area contributed by atoms with Crippen LogP contribution in [0.5, 0.6) is 0 Å². The highest BCUT2D eigenvalue weighted by Gasteiger charge is 2.07. The number of ketones is 1. The van der Waals surface area contributed by atoms with Gasteiger partial charge in [0.2, 0.25) is 5.78 Å². The number of methoxy groups -OCH3 is 1. The van der Waals surface area contributed by atoms with Crippen LogP contribution in [0.2, 0.25) is 0 Å². The smallest absolute Gasteiger partial charge is 0.337 e. The van der Waals surface area contributed by atoms with Crippen molar-refractivity contribution in [3.63, 3.8) is 0 Å². The minimum atomic E-state index is -0.610. The molecule has 0 aliphatic heterocycles. The number of carbonyl (C=O) groups excluding carboxylic acids is 3. The van der Waals surface area contributed by atoms with Crippen molar-refractivity contribution >= 4 is 18.0 Å². The van der Waals surface area contributed by atoms with Gasteiger partial charge in [-0.15, -0.1) is 0 Å². The summed E-state index contributed by atoms with van der Waals surface area (Å²) in [6.45, 7) is 0. The van der Waals surface area contributed by atoms with Gasteiger partial charge in [-0.25, -0.2) is 4.79 Å². The molecule has 0 bridgehead atoms. The van der Waals surface area contributed by atoms with E-state index in [0.717, 1.165) is 0 Å². The highest BCUT2D eigenvalue weighted by atomic mass is 16.5. The second kappa shape index (κ2) is 5.66. The Bertz CT molecular complexity index is 366. The number of hydrogen-bond donors (Lipinski definition) is 0. The summed E-state index contributed by atoms with van der Waals surface area (Å²) < 4.78 is 4.47. The van der Waals surface area contributed by atoms with Crippen LogP contribution >= 0.6 is 0 Å². The van der Waals surface area contributed by atoms with Crippen molar-refractivity contribution in [3.8, 4) is 0 Å². The maximum absolute atomic E-state index is 11.0. The Balaban J connectivity index is 0.00000196. The highest BCUT2D eigenvalue weighted by Crippen LogP contribution is 2.05. The van der Waals surface area contributed by atoms with E-state index in [-0.39, 0.29) is 17.3 Å². The number of ether oxygens (including phenoxy) is 1. The molecule has 0 radical (unpaired) electrons. The number of hydrogen-bond acceptors (Lipinski definition) is 4. The van der Waals surface area contributed by atoms with Gasteiger partial charge in [0, 0.05) is 5.56 Å². The summed E-state index contributed by atoms with van der Waals surface area (Å²) in [5.41, 5.74) is 0.600. The third-order valence-corrected chi connectivity index (χ3v) is 1.70. The van der Waals surface area contributed by atoms with Crippen molar-refractivity contribution in [1.82, 2.24) is 0 Å². The predicted molar refractivity (Wildman–Crippen MR) is 51.8 cm³/mol. The van der Waals surface area contributed by atoms with Crippen molar-refractivity contribution in [2.24, 2.45) is 0 Å². The lowest BCUT2D eigenvalue weighted by Crippen LogP contribution is -2.03. The zero-order chi connectivity index (χ0) is 10.6. The lowest BCUT2D eigenvalue weighted by Gasteiger charge is -1.98. The second-order valence-corrected chi connectivity index (χ2v) is 2.55. The lowest BCUT2D eigenvalue weighted by molar-refractivity contribution is -0.104. The molecule has 0 saturated heterocycles. The SMILES string of the molecule is COC(=O)c1ccc(C(=O)C=O)cc1.O. The molecule has 0 atom stereocenters. The van der Waals surface area contributed by atoms with E-state index in [1.54, 1.807) is 0 Å². The van der Waals surface area contributed by atoms with E-state index in [4.69, 9.17) is 0 Å². The molecular weight excluding hydrogens is 200 g/mol. The van der Waals surface area contributed by atoms with Gasteiger partial charge in [0.15, 0.2) is 6.29 Å². The molecule has 2 N–H and O–H groups in total. The van der Waals surface area contributed by atoms with E-state index < -0.39 is 11.8 Å². The van der Waals surface area contributed by atoms with E-state index in [2.05, 4.69) is 4.74 Å². The molecule has 0 aliphatic rings. The monoisotopic (exact) mass is 210 g/mol. The summed E-state index contributed by atoms with van der Waals surface area (Å²) >= 11 is 0. The quantitative estimate of drug-likeness (QED) is 0.304. The fourth-order valence-corrected chi connectivity index (χ4v) is 0.956. The largest absolute Gasteiger partial charge is 0.465 e. The van der Waals surface area contributed by atoms with Crippen LogP contribution in [0, 0.1) is 0 Å². The van der Waals surface area contributed by atoms with Crippen LogP contribution in [-0.4, -0.2) is 30.6 Å². The van der Waals surface area contributed by atoms with Crippen LogP contribution in [0.1, 0.15) is 20.7 Å². The third-order valence-electron chi connectivity index (χ3n) is 1.70. The molecular formula is C10H10O5. The van der Waals surface area contributed by atoms with Crippen molar-refractivity contribution in [2.75, 3.05) is 7.11 Å². The highest BCUT2D eigenvalue weighted by molar-refractivity contribution is 6.33. The number of Topliss-reactive ketones (excluding diaryl/α,β-unsaturated/α-hetero) is 1. The van der Waals surface area contributed by atoms with Gasteiger partial charge in [0.1, 0.15) is 0 Å². The summed E-state index contributed by atoms with van der Waals surface area (Å²) in [5.74, 6) is -1.09. The van der Waals surface area contributed by atoms with E-state index in [1.807, 2.05) is 0 Å². The van der Waals surface area contributed by atoms with Gasteiger partial charge in [-0.05, 0) is 12.1 Å². The Labute approximate surface area is 86.0 Å². The summed E-state index contributed by atoms with van der Waals surface area (Å²) in [7, 11) is 1.27. The fourth-order valence-electron chi connectivity index (χ4n) is 0.956. The van der Waals surface area contributed by atoms with E-state index in [1.165, 1.54) is 31.4 Å². The Morgan fingerprint density at radius 2 is 1.60 bits per heavy atom. The van der Waals surface area contributed by atoms with E-state index in [0.29, 0.717) is 5.56 Å². The summed E-state index contributed by atoms with van der Waals surface area (Å²) in [6.07, 6.45) is 0.229. The molecule has 1 rings (SSSR count). The number of esters is 1. The van der Waals surface area contributed by atoms with Gasteiger partial charge in [-0.1, -0.05) is 12.1 Å². The molecule has 0 amide bonds. The maximum Gasteiger partial charge on any atom is 0.337 e. The number of rotatable bonds is 3. The van der Waals surface area contributed by atoms with Gasteiger partial charge >= 0.3 is 5.97 Å². The minimum Gasteiger partial charge on any atom is -0.465 e. The van der Waals surface area contributed by atoms with Gasteiger partial charge in [0.05, 0.1) is 12.7 Å². The van der Waals surface area contributed by atoms with Crippen molar-refractivity contribution in [3.05, 3.63) is 35.4 Å². The topological polar surface area (TPSA) is 91.9 Å². The van der Waals surface area contributed by atoms with E-state index >= 15 is 0 Å². The first-order valence-electron chi connectivity index (χ1n) is 3.87. The number of carbonyl (C=O) groups is 3. The maximum atomic E-state index is 11.0. The van der Waals surface area contributed by atoms with Gasteiger partial charge in [0.25, 0.3) is 0 Å². The summed E-state index contributed by atoms with van der Waals surface area (Å²) in [4.78, 5) is 32.0. The van der Waals surface area contributed by atoms with Crippen molar-refractivity contribution in [1.29, 1.82) is 0 Å². The molecule has 0 unspecified atom stereocenters. The molecule has 0 saturated carbocycles. The number of benzene rings is 1. The van der Waals surface area contributed by atoms with Gasteiger partial charge < -0.3 is 10.2 Å². The Hall–Kier alpha value is -2.01. The van der Waals surface area contributed by atoms with Crippen LogP contribution in [0.25, 0.3) is 0 Å². The normalized spacial score (nSPS) is 8.60. The first kappa shape index (κ1) is 13.0. The molecule has 0 aromatic heterocycles. The van der Waals surface area contributed by atoms with Crippen LogP contribution < -0.4 is 0 Å². The molecule has 5 heteroatoms. The molecule has 0 heterocycles. The zero-order valence-corrected chi connectivity index (χ0v) is 8.02. The van der Waals surface area contributed by atoms with Crippen LogP contribution in [0.3, 0.4) is 0 Å². The second-order valence-electron chi connectivity index (χ2n) is 2.55. The lowest BCUT2D eigenvalue weighted by atomic mass is 10.1. The molecule has 0 spiro atoms. The Morgan fingerprint density at radius 1 is 1.13 bits per heavy atom. The third kappa shape index (κ3) is 2.99. The average molecular weight is 210 g/mol. The molecule has 0 fully saturated rings. The van der Waals surface area contributed by atoms with Crippen molar-refractivity contribution in [2.45, 2.75) is 0 Å². The zero-order valence-electron chi connectivity index (χ0n) is 8.02. The van der Waals surface area contributed by atoms with Crippen LogP contribution in [0.4, 0.5) is 0 Å². The summed E-state index contributed by atoms with van der Waals surface area (Å²) in [5, 5.41) is 0. The van der Waals surface area contributed by atoms with Gasteiger partial charge in [-0.3, -0.25) is 9.59 Å². The van der Waals surface area contributed by atoms with E-state index in [9.17, 15) is 14.4 Å². The molecule has 15 heavy (non-hydrogen) atoms. The fraction of sp³-hybridized carbons (Fsp3) is 0.100. The average Bonchev–Trinajstić information content (AvgIpc) is 2.27. The van der Waals surface area contributed by atoms with Crippen molar-refractivity contribution < 1.29 is 24.6 Å².